The molecule has 5 nitrogen and oxygen atoms in total. The van der Waals surface area contributed by atoms with E-state index in [1.54, 1.807) is 11.3 Å². The third-order valence-corrected chi connectivity index (χ3v) is 5.75. The van der Waals surface area contributed by atoms with Gasteiger partial charge in [0, 0.05) is 4.88 Å². The molecule has 24 heavy (non-hydrogen) atoms. The first-order chi connectivity index (χ1) is 11.4. The lowest BCUT2D eigenvalue weighted by atomic mass is 9.89. The Morgan fingerprint density at radius 2 is 2.25 bits per heavy atom. The molecule has 2 atom stereocenters. The predicted octanol–water partition coefficient (Wildman–Crippen LogP) is 3.49. The standard InChI is InChI=1S/C18H24N2O3S/c1-5-13(18(22)23-10(2)3)20-9-19-16-15(17(20)21)12-7-6-11(4)8-14(12)24-16/h9-11,13H,5-8H2,1-4H3/t11-,13+/m1/s1. The van der Waals surface area contributed by atoms with Crippen LogP contribution in [0, 0.1) is 5.92 Å². The maximum Gasteiger partial charge on any atom is 0.329 e. The van der Waals surface area contributed by atoms with Crippen LogP contribution in [-0.4, -0.2) is 21.6 Å². The van der Waals surface area contributed by atoms with Crippen molar-refractivity contribution in [1.82, 2.24) is 9.55 Å². The van der Waals surface area contributed by atoms with Gasteiger partial charge in [0.05, 0.1) is 17.8 Å². The van der Waals surface area contributed by atoms with E-state index < -0.39 is 6.04 Å². The van der Waals surface area contributed by atoms with Crippen LogP contribution in [0.1, 0.15) is 57.0 Å². The Morgan fingerprint density at radius 3 is 2.92 bits per heavy atom. The molecule has 0 N–H and O–H groups in total. The lowest BCUT2D eigenvalue weighted by Gasteiger charge is -2.19. The third-order valence-electron chi connectivity index (χ3n) is 4.59. The molecule has 0 amide bonds. The minimum absolute atomic E-state index is 0.111. The van der Waals surface area contributed by atoms with E-state index in [1.807, 2.05) is 20.8 Å². The summed E-state index contributed by atoms with van der Waals surface area (Å²) in [7, 11) is 0. The van der Waals surface area contributed by atoms with E-state index in [9.17, 15) is 9.59 Å². The molecule has 0 bridgehead atoms. The van der Waals surface area contributed by atoms with Gasteiger partial charge >= 0.3 is 5.97 Å². The number of hydrogen-bond acceptors (Lipinski definition) is 5. The number of nitrogens with zero attached hydrogens (tertiary/aromatic N) is 2. The van der Waals surface area contributed by atoms with Crippen LogP contribution in [0.4, 0.5) is 0 Å². The highest BCUT2D eigenvalue weighted by molar-refractivity contribution is 7.18. The monoisotopic (exact) mass is 348 g/mol. The molecule has 130 valence electrons. The zero-order valence-corrected chi connectivity index (χ0v) is 15.5. The first-order valence-electron chi connectivity index (χ1n) is 8.64. The SMILES string of the molecule is CC[C@@H](C(=O)OC(C)C)n1cnc2sc3c(c2c1=O)CC[C@@H](C)C3. The van der Waals surface area contributed by atoms with Crippen LogP contribution >= 0.6 is 11.3 Å². The molecule has 0 radical (unpaired) electrons. The first-order valence-corrected chi connectivity index (χ1v) is 9.45. The molecule has 0 aliphatic heterocycles. The quantitative estimate of drug-likeness (QED) is 0.794. The fourth-order valence-electron chi connectivity index (χ4n) is 3.35. The van der Waals surface area contributed by atoms with Gasteiger partial charge in [0.25, 0.3) is 5.56 Å². The average molecular weight is 348 g/mol. The van der Waals surface area contributed by atoms with Gasteiger partial charge in [-0.15, -0.1) is 11.3 Å². The number of fused-ring (bicyclic) bond motifs is 3. The topological polar surface area (TPSA) is 61.2 Å². The van der Waals surface area contributed by atoms with Gasteiger partial charge in [-0.1, -0.05) is 13.8 Å². The molecule has 0 unspecified atom stereocenters. The summed E-state index contributed by atoms with van der Waals surface area (Å²) in [6.45, 7) is 7.75. The van der Waals surface area contributed by atoms with Gasteiger partial charge in [0.1, 0.15) is 10.9 Å². The molecular formula is C18H24N2O3S. The second-order valence-corrected chi connectivity index (χ2v) is 7.98. The maximum atomic E-state index is 13.1. The highest BCUT2D eigenvalue weighted by atomic mass is 32.1. The summed E-state index contributed by atoms with van der Waals surface area (Å²) in [5.41, 5.74) is 1.03. The second-order valence-electron chi connectivity index (χ2n) is 6.90. The number of carbonyl (C=O) groups is 1. The zero-order chi connectivity index (χ0) is 17.4. The molecule has 1 aliphatic carbocycles. The number of ether oxygens (including phenoxy) is 1. The van der Waals surface area contributed by atoms with Gasteiger partial charge in [-0.2, -0.15) is 0 Å². The highest BCUT2D eigenvalue weighted by Gasteiger charge is 2.27. The van der Waals surface area contributed by atoms with Crippen molar-refractivity contribution in [3.05, 3.63) is 27.1 Å². The number of rotatable bonds is 4. The molecule has 2 aromatic heterocycles. The number of hydrogen-bond donors (Lipinski definition) is 0. The Balaban J connectivity index is 2.08. The predicted molar refractivity (Wildman–Crippen MR) is 95.6 cm³/mol. The third kappa shape index (κ3) is 2.99. The average Bonchev–Trinajstić information content (AvgIpc) is 2.87. The van der Waals surface area contributed by atoms with Crippen molar-refractivity contribution in [2.24, 2.45) is 5.92 Å². The van der Waals surface area contributed by atoms with E-state index in [1.165, 1.54) is 15.8 Å². The molecule has 2 aromatic rings. The molecule has 1 aliphatic rings. The van der Waals surface area contributed by atoms with Crippen LogP contribution in [0.15, 0.2) is 11.1 Å². The summed E-state index contributed by atoms with van der Waals surface area (Å²) in [5.74, 6) is 0.283. The first kappa shape index (κ1) is 17.1. The fourth-order valence-corrected chi connectivity index (χ4v) is 4.69. The van der Waals surface area contributed by atoms with E-state index in [-0.39, 0.29) is 17.6 Å². The van der Waals surface area contributed by atoms with Crippen LogP contribution in [0.5, 0.6) is 0 Å². The summed E-state index contributed by atoms with van der Waals surface area (Å²) in [6.07, 6.45) is 4.84. The van der Waals surface area contributed by atoms with Gasteiger partial charge in [-0.3, -0.25) is 9.36 Å². The van der Waals surface area contributed by atoms with Gasteiger partial charge in [0.15, 0.2) is 0 Å². The van der Waals surface area contributed by atoms with Crippen molar-refractivity contribution < 1.29 is 9.53 Å². The highest BCUT2D eigenvalue weighted by Crippen LogP contribution is 2.35. The minimum atomic E-state index is -0.616. The van der Waals surface area contributed by atoms with Gasteiger partial charge in [-0.25, -0.2) is 9.78 Å². The number of esters is 1. The smallest absolute Gasteiger partial charge is 0.329 e. The maximum absolute atomic E-state index is 13.1. The Kier molecular flexibility index (Phi) is 4.76. The fraction of sp³-hybridized carbons (Fsp3) is 0.611. The van der Waals surface area contributed by atoms with Crippen LogP contribution in [0.25, 0.3) is 10.2 Å². The van der Waals surface area contributed by atoms with Crippen LogP contribution in [0.2, 0.25) is 0 Å². The van der Waals surface area contributed by atoms with Crippen molar-refractivity contribution >= 4 is 27.5 Å². The van der Waals surface area contributed by atoms with Gasteiger partial charge < -0.3 is 4.74 Å². The van der Waals surface area contributed by atoms with E-state index in [2.05, 4.69) is 11.9 Å². The van der Waals surface area contributed by atoms with Crippen LogP contribution in [0.3, 0.4) is 0 Å². The lowest BCUT2D eigenvalue weighted by Crippen LogP contribution is -2.32. The van der Waals surface area contributed by atoms with Crippen LogP contribution in [-0.2, 0) is 22.4 Å². The number of aryl methyl sites for hydroxylation is 1. The molecule has 2 heterocycles. The van der Waals surface area contributed by atoms with E-state index in [0.717, 1.165) is 29.7 Å². The normalized spacial score (nSPS) is 18.6. The van der Waals surface area contributed by atoms with Crippen molar-refractivity contribution in [2.75, 3.05) is 0 Å². The van der Waals surface area contributed by atoms with Crippen molar-refractivity contribution in [2.45, 2.75) is 65.5 Å². The van der Waals surface area contributed by atoms with Gasteiger partial charge in [0.2, 0.25) is 0 Å². The molecule has 3 rings (SSSR count). The Hall–Kier alpha value is -1.69. The molecule has 0 fully saturated rings. The largest absolute Gasteiger partial charge is 0.461 e. The van der Waals surface area contributed by atoms with E-state index in [0.29, 0.717) is 17.7 Å². The lowest BCUT2D eigenvalue weighted by molar-refractivity contribution is -0.151. The molecule has 0 saturated heterocycles. The second kappa shape index (κ2) is 6.67. The molecule has 0 saturated carbocycles. The van der Waals surface area contributed by atoms with Crippen molar-refractivity contribution in [3.63, 3.8) is 0 Å². The number of carbonyl (C=O) groups excluding carboxylic acids is 1. The van der Waals surface area contributed by atoms with Crippen molar-refractivity contribution in [3.8, 4) is 0 Å². The van der Waals surface area contributed by atoms with Crippen molar-refractivity contribution in [1.29, 1.82) is 0 Å². The zero-order valence-electron chi connectivity index (χ0n) is 14.7. The van der Waals surface area contributed by atoms with E-state index in [4.69, 9.17) is 4.74 Å². The molecule has 0 spiro atoms. The summed E-state index contributed by atoms with van der Waals surface area (Å²) in [4.78, 5) is 31.9. The van der Waals surface area contributed by atoms with Crippen LogP contribution < -0.4 is 5.56 Å². The van der Waals surface area contributed by atoms with Gasteiger partial charge in [-0.05, 0) is 51.0 Å². The molecular weight excluding hydrogens is 324 g/mol. The Bertz CT molecular complexity index is 822. The Morgan fingerprint density at radius 1 is 1.50 bits per heavy atom. The molecule has 0 aromatic carbocycles. The Labute approximate surface area is 145 Å². The number of thiophene rings is 1. The summed E-state index contributed by atoms with van der Waals surface area (Å²) in [5, 5.41) is 0.709. The number of aromatic nitrogens is 2. The summed E-state index contributed by atoms with van der Waals surface area (Å²) < 4.78 is 6.77. The summed E-state index contributed by atoms with van der Waals surface area (Å²) in [6, 6.07) is -0.616. The van der Waals surface area contributed by atoms with E-state index >= 15 is 0 Å². The summed E-state index contributed by atoms with van der Waals surface area (Å²) >= 11 is 1.62. The molecule has 6 heteroatoms. The minimum Gasteiger partial charge on any atom is -0.461 e.